The number of aromatic nitrogens is 2. The number of nitrogens with zero attached hydrogens (tertiary/aromatic N) is 3. The Morgan fingerprint density at radius 1 is 1.30 bits per heavy atom. The van der Waals surface area contributed by atoms with E-state index >= 15 is 0 Å². The van der Waals surface area contributed by atoms with Crippen LogP contribution < -0.4 is 5.32 Å². The van der Waals surface area contributed by atoms with Crippen LogP contribution in [0.2, 0.25) is 0 Å². The molecule has 120 valence electrons. The average molecular weight is 312 g/mol. The molecule has 4 rings (SSSR count). The molecule has 0 spiro atoms. The SMILES string of the molecule is O=C(Nc1cc2ccccc2nn1)N1CCOCC1CC1CC1. The highest BCUT2D eigenvalue weighted by Gasteiger charge is 2.33. The molecule has 1 aliphatic heterocycles. The molecule has 6 heteroatoms. The summed E-state index contributed by atoms with van der Waals surface area (Å²) >= 11 is 0. The van der Waals surface area contributed by atoms with Gasteiger partial charge in [0, 0.05) is 11.9 Å². The molecule has 2 aliphatic rings. The van der Waals surface area contributed by atoms with Gasteiger partial charge in [0.25, 0.3) is 0 Å². The van der Waals surface area contributed by atoms with Crippen LogP contribution in [0.15, 0.2) is 30.3 Å². The van der Waals surface area contributed by atoms with Gasteiger partial charge in [-0.15, -0.1) is 10.2 Å². The minimum absolute atomic E-state index is 0.108. The first-order valence-electron chi connectivity index (χ1n) is 8.17. The number of hydrogen-bond donors (Lipinski definition) is 1. The van der Waals surface area contributed by atoms with Gasteiger partial charge >= 0.3 is 6.03 Å². The second-order valence-corrected chi connectivity index (χ2v) is 6.32. The molecule has 1 aromatic carbocycles. The van der Waals surface area contributed by atoms with Crippen molar-refractivity contribution in [1.82, 2.24) is 15.1 Å². The highest BCUT2D eigenvalue weighted by atomic mass is 16.5. The molecule has 23 heavy (non-hydrogen) atoms. The number of carbonyl (C=O) groups excluding carboxylic acids is 1. The standard InChI is InChI=1S/C17H20N4O2/c22-17(21-7-8-23-11-14(21)9-12-5-6-12)18-16-10-13-3-1-2-4-15(13)19-20-16/h1-4,10,12,14H,5-9,11H2,(H,18,20,22). The normalized spacial score (nSPS) is 21.4. The molecule has 1 saturated heterocycles. The number of benzene rings is 1. The smallest absolute Gasteiger partial charge is 0.323 e. The number of amides is 2. The van der Waals surface area contributed by atoms with Gasteiger partial charge in [0.1, 0.15) is 0 Å². The first-order chi connectivity index (χ1) is 11.3. The highest BCUT2D eigenvalue weighted by Crippen LogP contribution is 2.35. The molecular weight excluding hydrogens is 292 g/mol. The Bertz CT molecular complexity index is 717. The second kappa shape index (κ2) is 6.12. The van der Waals surface area contributed by atoms with Crippen LogP contribution in [0.4, 0.5) is 10.6 Å². The minimum atomic E-state index is -0.108. The number of urea groups is 1. The quantitative estimate of drug-likeness (QED) is 0.946. The van der Waals surface area contributed by atoms with E-state index in [2.05, 4.69) is 15.5 Å². The Labute approximate surface area is 134 Å². The number of hydrogen-bond acceptors (Lipinski definition) is 4. The van der Waals surface area contributed by atoms with Crippen LogP contribution >= 0.6 is 0 Å². The topological polar surface area (TPSA) is 67.4 Å². The monoisotopic (exact) mass is 312 g/mol. The minimum Gasteiger partial charge on any atom is -0.377 e. The molecule has 1 aromatic heterocycles. The van der Waals surface area contributed by atoms with Gasteiger partial charge in [0.15, 0.2) is 5.82 Å². The van der Waals surface area contributed by atoms with E-state index in [1.165, 1.54) is 12.8 Å². The maximum atomic E-state index is 12.6. The molecule has 6 nitrogen and oxygen atoms in total. The van der Waals surface area contributed by atoms with Crippen molar-refractivity contribution in [2.75, 3.05) is 25.1 Å². The zero-order valence-corrected chi connectivity index (χ0v) is 12.9. The summed E-state index contributed by atoms with van der Waals surface area (Å²) in [6, 6.07) is 9.66. The summed E-state index contributed by atoms with van der Waals surface area (Å²) in [6.07, 6.45) is 3.60. The van der Waals surface area contributed by atoms with Crippen molar-refractivity contribution in [2.24, 2.45) is 5.92 Å². The number of anilines is 1. The third-order valence-electron chi connectivity index (χ3n) is 4.52. The first-order valence-corrected chi connectivity index (χ1v) is 8.17. The van der Waals surface area contributed by atoms with Gasteiger partial charge in [-0.1, -0.05) is 31.0 Å². The number of ether oxygens (including phenoxy) is 1. The van der Waals surface area contributed by atoms with Crippen molar-refractivity contribution in [2.45, 2.75) is 25.3 Å². The molecule has 1 saturated carbocycles. The van der Waals surface area contributed by atoms with Gasteiger partial charge in [0.2, 0.25) is 0 Å². The van der Waals surface area contributed by atoms with Crippen LogP contribution in [-0.2, 0) is 4.74 Å². The van der Waals surface area contributed by atoms with E-state index < -0.39 is 0 Å². The largest absolute Gasteiger partial charge is 0.377 e. The lowest BCUT2D eigenvalue weighted by Gasteiger charge is -2.35. The Balaban J connectivity index is 1.48. The van der Waals surface area contributed by atoms with E-state index in [0.29, 0.717) is 25.6 Å². The molecule has 2 fully saturated rings. The molecular formula is C17H20N4O2. The van der Waals surface area contributed by atoms with E-state index in [4.69, 9.17) is 4.74 Å². The van der Waals surface area contributed by atoms with Crippen LogP contribution in [-0.4, -0.2) is 46.9 Å². The molecule has 2 aromatic rings. The number of carbonyl (C=O) groups is 1. The first kappa shape index (κ1) is 14.4. The Morgan fingerprint density at radius 3 is 3.04 bits per heavy atom. The Hall–Kier alpha value is -2.21. The highest BCUT2D eigenvalue weighted by molar-refractivity contribution is 5.90. The van der Waals surface area contributed by atoms with E-state index in [1.54, 1.807) is 0 Å². The number of rotatable bonds is 3. The van der Waals surface area contributed by atoms with Crippen LogP contribution in [0.5, 0.6) is 0 Å². The van der Waals surface area contributed by atoms with E-state index in [1.807, 2.05) is 35.2 Å². The zero-order valence-electron chi connectivity index (χ0n) is 12.9. The number of fused-ring (bicyclic) bond motifs is 1. The predicted octanol–water partition coefficient (Wildman–Crippen LogP) is 2.66. The average Bonchev–Trinajstić information content (AvgIpc) is 3.39. The van der Waals surface area contributed by atoms with Crippen molar-refractivity contribution < 1.29 is 9.53 Å². The van der Waals surface area contributed by atoms with E-state index in [9.17, 15) is 4.79 Å². The summed E-state index contributed by atoms with van der Waals surface area (Å²) in [5.41, 5.74) is 0.823. The van der Waals surface area contributed by atoms with Gasteiger partial charge in [-0.2, -0.15) is 0 Å². The summed E-state index contributed by atoms with van der Waals surface area (Å²) in [6.45, 7) is 1.86. The van der Waals surface area contributed by atoms with Crippen molar-refractivity contribution in [3.8, 4) is 0 Å². The summed E-state index contributed by atoms with van der Waals surface area (Å²) in [5.74, 6) is 1.25. The van der Waals surface area contributed by atoms with Crippen molar-refractivity contribution in [3.63, 3.8) is 0 Å². The lowest BCUT2D eigenvalue weighted by Crippen LogP contribution is -2.50. The van der Waals surface area contributed by atoms with Gasteiger partial charge in [-0.3, -0.25) is 5.32 Å². The molecule has 1 unspecified atom stereocenters. The maximum Gasteiger partial charge on any atom is 0.323 e. The molecule has 2 heterocycles. The fraction of sp³-hybridized carbons (Fsp3) is 0.471. The number of morpholine rings is 1. The van der Waals surface area contributed by atoms with Crippen molar-refractivity contribution >= 4 is 22.8 Å². The third kappa shape index (κ3) is 3.27. The molecule has 0 bridgehead atoms. The summed E-state index contributed by atoms with van der Waals surface area (Å²) in [7, 11) is 0. The molecule has 2 amide bonds. The number of nitrogens with one attached hydrogen (secondary N) is 1. The zero-order chi connectivity index (χ0) is 15.6. The van der Waals surface area contributed by atoms with Crippen LogP contribution in [0.1, 0.15) is 19.3 Å². The Kier molecular flexibility index (Phi) is 3.83. The maximum absolute atomic E-state index is 12.6. The molecule has 1 aliphatic carbocycles. The fourth-order valence-corrected chi connectivity index (χ4v) is 3.08. The second-order valence-electron chi connectivity index (χ2n) is 6.32. The van der Waals surface area contributed by atoms with Crippen LogP contribution in [0.25, 0.3) is 10.9 Å². The van der Waals surface area contributed by atoms with Crippen LogP contribution in [0, 0.1) is 5.92 Å². The molecule has 1 N–H and O–H groups in total. The Morgan fingerprint density at radius 2 is 2.17 bits per heavy atom. The summed E-state index contributed by atoms with van der Waals surface area (Å²) in [4.78, 5) is 14.5. The lowest BCUT2D eigenvalue weighted by atomic mass is 10.1. The molecule has 1 atom stereocenters. The van der Waals surface area contributed by atoms with Gasteiger partial charge in [-0.05, 0) is 24.5 Å². The third-order valence-corrected chi connectivity index (χ3v) is 4.52. The van der Waals surface area contributed by atoms with Crippen molar-refractivity contribution in [1.29, 1.82) is 0 Å². The van der Waals surface area contributed by atoms with Gasteiger partial charge in [0.05, 0.1) is 24.8 Å². The van der Waals surface area contributed by atoms with Gasteiger partial charge in [-0.25, -0.2) is 4.79 Å². The van der Waals surface area contributed by atoms with Gasteiger partial charge < -0.3 is 9.64 Å². The fourth-order valence-electron chi connectivity index (χ4n) is 3.08. The van der Waals surface area contributed by atoms with E-state index in [-0.39, 0.29) is 12.1 Å². The summed E-state index contributed by atoms with van der Waals surface area (Å²) in [5, 5.41) is 12.1. The van der Waals surface area contributed by atoms with Crippen molar-refractivity contribution in [3.05, 3.63) is 30.3 Å². The van der Waals surface area contributed by atoms with Crippen LogP contribution in [0.3, 0.4) is 0 Å². The van der Waals surface area contributed by atoms with E-state index in [0.717, 1.165) is 23.2 Å². The lowest BCUT2D eigenvalue weighted by molar-refractivity contribution is 0.0108. The molecule has 0 radical (unpaired) electrons. The summed E-state index contributed by atoms with van der Waals surface area (Å²) < 4.78 is 5.55. The predicted molar refractivity (Wildman–Crippen MR) is 87.2 cm³/mol.